The predicted molar refractivity (Wildman–Crippen MR) is 50.9 cm³/mol. The van der Waals surface area contributed by atoms with Crippen LogP contribution in [0, 0.1) is 13.8 Å². The molecule has 0 unspecified atom stereocenters. The van der Waals surface area contributed by atoms with Gasteiger partial charge in [0.05, 0.1) is 6.54 Å². The smallest absolute Gasteiger partial charge is 0.251 e. The van der Waals surface area contributed by atoms with Crippen LogP contribution in [0.1, 0.15) is 18.2 Å². The van der Waals surface area contributed by atoms with Gasteiger partial charge in [-0.15, -0.1) is 0 Å². The van der Waals surface area contributed by atoms with E-state index in [9.17, 15) is 9.59 Å². The van der Waals surface area contributed by atoms with Crippen LogP contribution in [0.4, 0.5) is 0 Å². The third kappa shape index (κ3) is 2.28. The molecule has 0 radical (unpaired) electrons. The first kappa shape index (κ1) is 9.71. The van der Waals surface area contributed by atoms with Gasteiger partial charge < -0.3 is 4.57 Å². The summed E-state index contributed by atoms with van der Waals surface area (Å²) in [4.78, 5) is 22.2. The highest BCUT2D eigenvalue weighted by Crippen LogP contribution is 1.99. The number of ketones is 1. The van der Waals surface area contributed by atoms with Crippen molar-refractivity contribution in [2.45, 2.75) is 27.3 Å². The van der Waals surface area contributed by atoms with Gasteiger partial charge in [-0.2, -0.15) is 0 Å². The third-order valence-corrected chi connectivity index (χ3v) is 1.86. The Kier molecular flexibility index (Phi) is 2.66. The molecule has 0 aliphatic heterocycles. The Morgan fingerprint density at radius 3 is 2.46 bits per heavy atom. The fourth-order valence-electron chi connectivity index (χ4n) is 1.32. The van der Waals surface area contributed by atoms with Crippen LogP contribution in [-0.2, 0) is 11.3 Å². The van der Waals surface area contributed by atoms with Crippen molar-refractivity contribution in [1.29, 1.82) is 0 Å². The monoisotopic (exact) mass is 179 g/mol. The zero-order valence-electron chi connectivity index (χ0n) is 8.13. The van der Waals surface area contributed by atoms with E-state index >= 15 is 0 Å². The molecule has 0 aliphatic carbocycles. The second kappa shape index (κ2) is 3.56. The quantitative estimate of drug-likeness (QED) is 0.680. The summed E-state index contributed by atoms with van der Waals surface area (Å²) in [5, 5.41) is 0. The maximum Gasteiger partial charge on any atom is 0.251 e. The van der Waals surface area contributed by atoms with Crippen molar-refractivity contribution in [2.75, 3.05) is 0 Å². The lowest BCUT2D eigenvalue weighted by Crippen LogP contribution is -2.24. The number of hydrogen-bond donors (Lipinski definition) is 0. The van der Waals surface area contributed by atoms with E-state index in [1.807, 2.05) is 19.9 Å². The zero-order chi connectivity index (χ0) is 10.0. The van der Waals surface area contributed by atoms with Crippen molar-refractivity contribution in [3.63, 3.8) is 0 Å². The minimum absolute atomic E-state index is 0.00551. The number of carbonyl (C=O) groups excluding carboxylic acids is 1. The highest BCUT2D eigenvalue weighted by atomic mass is 16.1. The molecule has 0 aromatic carbocycles. The molecule has 70 valence electrons. The number of Topliss-reactive ketones (excluding diaryl/α,β-unsaturated/α-hetero) is 1. The number of rotatable bonds is 2. The lowest BCUT2D eigenvalue weighted by atomic mass is 10.2. The van der Waals surface area contributed by atoms with Crippen LogP contribution in [0.25, 0.3) is 0 Å². The average molecular weight is 179 g/mol. The maximum absolute atomic E-state index is 11.4. The van der Waals surface area contributed by atoms with Gasteiger partial charge in [-0.1, -0.05) is 0 Å². The minimum atomic E-state index is -0.104. The second-order valence-corrected chi connectivity index (χ2v) is 3.30. The lowest BCUT2D eigenvalue weighted by Gasteiger charge is -2.07. The topological polar surface area (TPSA) is 39.1 Å². The molecule has 1 heterocycles. The Bertz CT molecular complexity index is 390. The van der Waals surface area contributed by atoms with Crippen molar-refractivity contribution < 1.29 is 4.79 Å². The molecule has 1 rings (SSSR count). The van der Waals surface area contributed by atoms with E-state index in [2.05, 4.69) is 0 Å². The fraction of sp³-hybridized carbons (Fsp3) is 0.400. The van der Waals surface area contributed by atoms with Crippen molar-refractivity contribution in [1.82, 2.24) is 4.57 Å². The molecule has 0 atom stereocenters. The summed E-state index contributed by atoms with van der Waals surface area (Å²) in [6.07, 6.45) is 0. The molecular weight excluding hydrogens is 166 g/mol. The van der Waals surface area contributed by atoms with Crippen LogP contribution in [-0.4, -0.2) is 10.4 Å². The molecule has 1 aromatic rings. The van der Waals surface area contributed by atoms with Crippen molar-refractivity contribution in [3.8, 4) is 0 Å². The van der Waals surface area contributed by atoms with Crippen molar-refractivity contribution >= 4 is 5.78 Å². The molecule has 0 N–H and O–H groups in total. The van der Waals surface area contributed by atoms with Gasteiger partial charge >= 0.3 is 0 Å². The normalized spacial score (nSPS) is 10.1. The van der Waals surface area contributed by atoms with E-state index in [0.29, 0.717) is 0 Å². The zero-order valence-corrected chi connectivity index (χ0v) is 8.13. The van der Waals surface area contributed by atoms with Crippen LogP contribution in [0.5, 0.6) is 0 Å². The summed E-state index contributed by atoms with van der Waals surface area (Å²) < 4.78 is 1.48. The number of aromatic nitrogens is 1. The first-order valence-electron chi connectivity index (χ1n) is 4.18. The standard InChI is InChI=1S/C10H13NO2/c1-7-4-8(2)11(6-9(3)12)10(13)5-7/h4-5H,6H2,1-3H3. The van der Waals surface area contributed by atoms with Crippen LogP contribution >= 0.6 is 0 Å². The number of carbonyl (C=O) groups is 1. The van der Waals surface area contributed by atoms with E-state index in [1.165, 1.54) is 17.6 Å². The third-order valence-electron chi connectivity index (χ3n) is 1.86. The number of pyridine rings is 1. The van der Waals surface area contributed by atoms with Gasteiger partial charge in [0.15, 0.2) is 0 Å². The van der Waals surface area contributed by atoms with E-state index in [0.717, 1.165) is 11.3 Å². The molecular formula is C10H13NO2. The van der Waals surface area contributed by atoms with Crippen LogP contribution in [0.2, 0.25) is 0 Å². The van der Waals surface area contributed by atoms with Gasteiger partial charge in [-0.25, -0.2) is 0 Å². The molecule has 3 heteroatoms. The summed E-state index contributed by atoms with van der Waals surface area (Å²) in [5.41, 5.74) is 1.66. The van der Waals surface area contributed by atoms with E-state index in [1.54, 1.807) is 0 Å². The molecule has 0 bridgehead atoms. The first-order valence-corrected chi connectivity index (χ1v) is 4.18. The summed E-state index contributed by atoms with van der Waals surface area (Å²) in [6, 6.07) is 3.43. The van der Waals surface area contributed by atoms with Gasteiger partial charge in [-0.05, 0) is 32.4 Å². The molecule has 0 saturated carbocycles. The highest BCUT2D eigenvalue weighted by Gasteiger charge is 2.02. The molecule has 1 aromatic heterocycles. The van der Waals surface area contributed by atoms with Gasteiger partial charge in [-0.3, -0.25) is 9.59 Å². The molecule has 0 amide bonds. The summed E-state index contributed by atoms with van der Waals surface area (Å²) >= 11 is 0. The lowest BCUT2D eigenvalue weighted by molar-refractivity contribution is -0.117. The minimum Gasteiger partial charge on any atom is -0.306 e. The number of nitrogens with zero attached hydrogens (tertiary/aromatic N) is 1. The van der Waals surface area contributed by atoms with Crippen molar-refractivity contribution in [3.05, 3.63) is 33.7 Å². The Balaban J connectivity index is 3.21. The Hall–Kier alpha value is -1.38. The molecule has 3 nitrogen and oxygen atoms in total. The second-order valence-electron chi connectivity index (χ2n) is 3.30. The summed E-state index contributed by atoms with van der Waals surface area (Å²) in [6.45, 7) is 5.35. The average Bonchev–Trinajstić information content (AvgIpc) is 1.96. The molecule has 0 saturated heterocycles. The first-order chi connectivity index (χ1) is 6.00. The van der Waals surface area contributed by atoms with E-state index in [4.69, 9.17) is 0 Å². The van der Waals surface area contributed by atoms with Gasteiger partial charge in [0.1, 0.15) is 5.78 Å². The fourth-order valence-corrected chi connectivity index (χ4v) is 1.32. The highest BCUT2D eigenvalue weighted by molar-refractivity contribution is 5.75. The predicted octanol–water partition coefficient (Wildman–Crippen LogP) is 1.05. The Morgan fingerprint density at radius 1 is 1.38 bits per heavy atom. The van der Waals surface area contributed by atoms with E-state index < -0.39 is 0 Å². The maximum atomic E-state index is 11.4. The Morgan fingerprint density at radius 2 is 2.00 bits per heavy atom. The van der Waals surface area contributed by atoms with Gasteiger partial charge in [0, 0.05) is 11.8 Å². The van der Waals surface area contributed by atoms with Crippen LogP contribution in [0.3, 0.4) is 0 Å². The van der Waals surface area contributed by atoms with Crippen LogP contribution < -0.4 is 5.56 Å². The summed E-state index contributed by atoms with van der Waals surface area (Å²) in [5.74, 6) is -0.00551. The van der Waals surface area contributed by atoms with Crippen LogP contribution in [0.15, 0.2) is 16.9 Å². The molecule has 0 spiro atoms. The Labute approximate surface area is 77.0 Å². The van der Waals surface area contributed by atoms with Gasteiger partial charge in [0.25, 0.3) is 5.56 Å². The summed E-state index contributed by atoms with van der Waals surface area (Å²) in [7, 11) is 0. The largest absolute Gasteiger partial charge is 0.306 e. The van der Waals surface area contributed by atoms with Gasteiger partial charge in [0.2, 0.25) is 0 Å². The number of aryl methyl sites for hydroxylation is 2. The molecule has 0 fully saturated rings. The molecule has 0 aliphatic rings. The molecule has 13 heavy (non-hydrogen) atoms. The van der Waals surface area contributed by atoms with Crippen molar-refractivity contribution in [2.24, 2.45) is 0 Å². The SMILES string of the molecule is CC(=O)Cn1c(C)cc(C)cc1=O. The van der Waals surface area contributed by atoms with E-state index in [-0.39, 0.29) is 17.9 Å². The number of hydrogen-bond acceptors (Lipinski definition) is 2.